The number of nitrogens with zero attached hydrogens (tertiary/aromatic N) is 1. The maximum atomic E-state index is 2.36. The summed E-state index contributed by atoms with van der Waals surface area (Å²) >= 11 is 0. The number of hydrogen-bond donors (Lipinski definition) is 0. The zero-order valence-electron chi connectivity index (χ0n) is 19.0. The molecule has 0 aliphatic heterocycles. The molecule has 0 fully saturated rings. The van der Waals surface area contributed by atoms with Crippen molar-refractivity contribution in [1.29, 1.82) is 0 Å². The normalized spacial score (nSPS) is 11.7. The Kier molecular flexibility index (Phi) is 4.13. The van der Waals surface area contributed by atoms with Crippen LogP contribution >= 0.6 is 0 Å². The highest BCUT2D eigenvalue weighted by atomic mass is 14.9. The summed E-state index contributed by atoms with van der Waals surface area (Å²) in [5, 5.41) is 7.80. The maximum Gasteiger partial charge on any atom is 0.0495 e. The molecule has 7 aromatic rings. The maximum absolute atomic E-state index is 2.36. The topological polar surface area (TPSA) is 4.93 Å². The largest absolute Gasteiger partial charge is 0.344 e. The molecular weight excluding hydrogens is 410 g/mol. The van der Waals surface area contributed by atoms with Crippen LogP contribution in [0.15, 0.2) is 121 Å². The summed E-state index contributed by atoms with van der Waals surface area (Å²) in [6.07, 6.45) is 0. The monoisotopic (exact) mass is 433 g/mol. The molecule has 34 heavy (non-hydrogen) atoms. The van der Waals surface area contributed by atoms with E-state index in [0.29, 0.717) is 0 Å². The van der Waals surface area contributed by atoms with Crippen LogP contribution in [-0.2, 0) is 7.05 Å². The van der Waals surface area contributed by atoms with Gasteiger partial charge in [0.15, 0.2) is 0 Å². The van der Waals surface area contributed by atoms with E-state index in [9.17, 15) is 0 Å². The number of rotatable bonds is 2. The molecule has 1 nitrogen and oxygen atoms in total. The Morgan fingerprint density at radius 2 is 0.971 bits per heavy atom. The molecule has 0 atom stereocenters. The number of benzene rings is 6. The van der Waals surface area contributed by atoms with Gasteiger partial charge < -0.3 is 4.57 Å². The molecule has 0 spiro atoms. The molecule has 0 bridgehead atoms. The summed E-state index contributed by atoms with van der Waals surface area (Å²) in [6.45, 7) is 0. The zero-order chi connectivity index (χ0) is 22.6. The van der Waals surface area contributed by atoms with Crippen molar-refractivity contribution in [2.45, 2.75) is 0 Å². The van der Waals surface area contributed by atoms with Crippen molar-refractivity contribution >= 4 is 43.4 Å². The predicted molar refractivity (Wildman–Crippen MR) is 146 cm³/mol. The molecule has 0 aliphatic carbocycles. The first-order chi connectivity index (χ1) is 16.8. The SMILES string of the molecule is Cn1c2ccc(-c3ccc(-c4ccc5ccccc5c4)cc3)cc2c2c3ccccc3ccc21. The average Bonchev–Trinajstić information content (AvgIpc) is 3.20. The third-order valence-electron chi connectivity index (χ3n) is 7.20. The first-order valence-corrected chi connectivity index (χ1v) is 11.8. The first-order valence-electron chi connectivity index (χ1n) is 11.8. The smallest absolute Gasteiger partial charge is 0.0495 e. The van der Waals surface area contributed by atoms with Crippen molar-refractivity contribution in [1.82, 2.24) is 4.57 Å². The molecule has 0 N–H and O–H groups in total. The van der Waals surface area contributed by atoms with E-state index in [-0.39, 0.29) is 0 Å². The molecule has 0 saturated carbocycles. The molecule has 160 valence electrons. The average molecular weight is 434 g/mol. The molecule has 0 aliphatic rings. The van der Waals surface area contributed by atoms with E-state index in [2.05, 4.69) is 133 Å². The fraction of sp³-hybridized carbons (Fsp3) is 0.0303. The number of aromatic nitrogens is 1. The van der Waals surface area contributed by atoms with Crippen molar-refractivity contribution < 1.29 is 0 Å². The highest BCUT2D eigenvalue weighted by Gasteiger charge is 2.12. The van der Waals surface area contributed by atoms with Gasteiger partial charge in [0.25, 0.3) is 0 Å². The Morgan fingerprint density at radius 3 is 1.76 bits per heavy atom. The summed E-state index contributed by atoms with van der Waals surface area (Å²) in [4.78, 5) is 0. The number of hydrogen-bond acceptors (Lipinski definition) is 0. The second-order valence-electron chi connectivity index (χ2n) is 9.11. The summed E-state index contributed by atoms with van der Waals surface area (Å²) in [6, 6.07) is 44.2. The molecular formula is C33H23N. The van der Waals surface area contributed by atoms with Gasteiger partial charge in [-0.15, -0.1) is 0 Å². The van der Waals surface area contributed by atoms with Crippen molar-refractivity contribution in [2.24, 2.45) is 7.05 Å². The lowest BCUT2D eigenvalue weighted by atomic mass is 9.97. The van der Waals surface area contributed by atoms with Crippen LogP contribution in [0.1, 0.15) is 0 Å². The minimum absolute atomic E-state index is 1.24. The van der Waals surface area contributed by atoms with Crippen molar-refractivity contribution in [3.05, 3.63) is 121 Å². The lowest BCUT2D eigenvalue weighted by Crippen LogP contribution is -1.86. The Morgan fingerprint density at radius 1 is 0.412 bits per heavy atom. The van der Waals surface area contributed by atoms with Gasteiger partial charge in [0.05, 0.1) is 0 Å². The van der Waals surface area contributed by atoms with Gasteiger partial charge in [0.2, 0.25) is 0 Å². The van der Waals surface area contributed by atoms with Gasteiger partial charge in [-0.05, 0) is 68.1 Å². The summed E-state index contributed by atoms with van der Waals surface area (Å²) in [7, 11) is 2.16. The highest BCUT2D eigenvalue weighted by Crippen LogP contribution is 2.36. The van der Waals surface area contributed by atoms with Crippen molar-refractivity contribution in [2.75, 3.05) is 0 Å². The highest BCUT2D eigenvalue weighted by molar-refractivity contribution is 6.21. The number of fused-ring (bicyclic) bond motifs is 6. The van der Waals surface area contributed by atoms with Crippen LogP contribution in [0.2, 0.25) is 0 Å². The van der Waals surface area contributed by atoms with E-state index in [1.807, 2.05) is 0 Å². The second-order valence-corrected chi connectivity index (χ2v) is 9.11. The molecule has 1 aromatic heterocycles. The molecule has 0 unspecified atom stereocenters. The minimum atomic E-state index is 1.24. The summed E-state index contributed by atoms with van der Waals surface area (Å²) < 4.78 is 2.31. The van der Waals surface area contributed by atoms with Crippen LogP contribution in [0.3, 0.4) is 0 Å². The van der Waals surface area contributed by atoms with E-state index in [0.717, 1.165) is 0 Å². The lowest BCUT2D eigenvalue weighted by Gasteiger charge is -2.07. The van der Waals surface area contributed by atoms with Crippen LogP contribution < -0.4 is 0 Å². The molecule has 0 saturated heterocycles. The van der Waals surface area contributed by atoms with Gasteiger partial charge >= 0.3 is 0 Å². The third kappa shape index (κ3) is 2.87. The van der Waals surface area contributed by atoms with E-state index < -0.39 is 0 Å². The van der Waals surface area contributed by atoms with Gasteiger partial charge in [-0.1, -0.05) is 97.1 Å². The summed E-state index contributed by atoms with van der Waals surface area (Å²) in [5.41, 5.74) is 7.52. The Balaban J connectivity index is 1.35. The third-order valence-corrected chi connectivity index (χ3v) is 7.20. The van der Waals surface area contributed by atoms with E-state index in [1.165, 1.54) is 65.6 Å². The van der Waals surface area contributed by atoms with Gasteiger partial charge in [-0.2, -0.15) is 0 Å². The van der Waals surface area contributed by atoms with Crippen LogP contribution in [0.5, 0.6) is 0 Å². The van der Waals surface area contributed by atoms with E-state index >= 15 is 0 Å². The van der Waals surface area contributed by atoms with Crippen molar-refractivity contribution in [3.63, 3.8) is 0 Å². The Labute approximate surface area is 198 Å². The lowest BCUT2D eigenvalue weighted by molar-refractivity contribution is 1.01. The van der Waals surface area contributed by atoms with Crippen molar-refractivity contribution in [3.8, 4) is 22.3 Å². The Bertz CT molecular complexity index is 1850. The molecule has 0 radical (unpaired) electrons. The fourth-order valence-electron chi connectivity index (χ4n) is 5.38. The quantitative estimate of drug-likeness (QED) is 0.256. The van der Waals surface area contributed by atoms with Gasteiger partial charge in [0, 0.05) is 28.9 Å². The van der Waals surface area contributed by atoms with E-state index in [4.69, 9.17) is 0 Å². The van der Waals surface area contributed by atoms with Gasteiger partial charge in [-0.3, -0.25) is 0 Å². The van der Waals surface area contributed by atoms with Crippen LogP contribution in [0, 0.1) is 0 Å². The van der Waals surface area contributed by atoms with Crippen LogP contribution in [0.25, 0.3) is 65.6 Å². The number of aryl methyl sites for hydroxylation is 1. The second kappa shape index (κ2) is 7.33. The minimum Gasteiger partial charge on any atom is -0.344 e. The first kappa shape index (κ1) is 19.1. The molecule has 0 amide bonds. The standard InChI is InChI=1S/C33H23N/c1-34-31-18-17-28(21-30(31)33-29-9-5-4-7-25(29)16-19-32(33)34)24-12-10-23(11-13-24)27-15-14-22-6-2-3-8-26(22)20-27/h2-21H,1H3. The molecule has 7 rings (SSSR count). The fourth-order valence-corrected chi connectivity index (χ4v) is 5.38. The van der Waals surface area contributed by atoms with E-state index in [1.54, 1.807) is 0 Å². The molecule has 1 heteroatoms. The zero-order valence-corrected chi connectivity index (χ0v) is 19.0. The molecule has 6 aromatic carbocycles. The Hall–Kier alpha value is -4.36. The molecule has 1 heterocycles. The van der Waals surface area contributed by atoms with Crippen LogP contribution in [-0.4, -0.2) is 4.57 Å². The van der Waals surface area contributed by atoms with Gasteiger partial charge in [0.1, 0.15) is 0 Å². The van der Waals surface area contributed by atoms with Gasteiger partial charge in [-0.25, -0.2) is 0 Å². The summed E-state index contributed by atoms with van der Waals surface area (Å²) in [5.74, 6) is 0. The predicted octanol–water partition coefficient (Wildman–Crippen LogP) is 8.97. The van der Waals surface area contributed by atoms with Crippen LogP contribution in [0.4, 0.5) is 0 Å².